The summed E-state index contributed by atoms with van der Waals surface area (Å²) in [6, 6.07) is 12.8. The van der Waals surface area contributed by atoms with Crippen LogP contribution in [0.15, 0.2) is 48.5 Å². The monoisotopic (exact) mass is 455 g/mol. The van der Waals surface area contributed by atoms with Gasteiger partial charge in [-0.25, -0.2) is 9.18 Å². The van der Waals surface area contributed by atoms with Crippen molar-refractivity contribution in [3.8, 4) is 0 Å². The summed E-state index contributed by atoms with van der Waals surface area (Å²) in [5.74, 6) is -0.966. The lowest BCUT2D eigenvalue weighted by atomic mass is 9.88. The summed E-state index contributed by atoms with van der Waals surface area (Å²) >= 11 is 0. The Labute approximate surface area is 195 Å². The first-order valence-corrected chi connectivity index (χ1v) is 11.4. The SMILES string of the molecule is C[C@@H](OC[C@@H](O)CNC(C)(C)CC1Cc2ccccc2C1)c1ccc(F)cc1/C=C/C(=O)O. The molecule has 0 bridgehead atoms. The van der Waals surface area contributed by atoms with E-state index in [1.54, 1.807) is 13.0 Å². The zero-order chi connectivity index (χ0) is 24.0. The normalized spacial score (nSPS) is 16.2. The molecule has 2 aromatic carbocycles. The Bertz CT molecular complexity index is 963. The Balaban J connectivity index is 1.47. The Kier molecular flexibility index (Phi) is 8.40. The van der Waals surface area contributed by atoms with Gasteiger partial charge in [0, 0.05) is 18.2 Å². The summed E-state index contributed by atoms with van der Waals surface area (Å²) in [5, 5.41) is 22.8. The van der Waals surface area contributed by atoms with Crippen LogP contribution in [-0.4, -0.2) is 41.0 Å². The smallest absolute Gasteiger partial charge is 0.328 e. The number of halogens is 1. The minimum Gasteiger partial charge on any atom is -0.478 e. The molecule has 0 unspecified atom stereocenters. The molecule has 33 heavy (non-hydrogen) atoms. The Hall–Kier alpha value is -2.54. The lowest BCUT2D eigenvalue weighted by molar-refractivity contribution is -0.131. The van der Waals surface area contributed by atoms with Crippen molar-refractivity contribution in [1.82, 2.24) is 5.32 Å². The van der Waals surface area contributed by atoms with Gasteiger partial charge in [-0.15, -0.1) is 0 Å². The summed E-state index contributed by atoms with van der Waals surface area (Å²) in [4.78, 5) is 10.8. The van der Waals surface area contributed by atoms with Crippen LogP contribution in [0.5, 0.6) is 0 Å². The largest absolute Gasteiger partial charge is 0.478 e. The number of nitrogens with one attached hydrogen (secondary N) is 1. The average molecular weight is 456 g/mol. The maximum atomic E-state index is 13.6. The molecule has 3 rings (SSSR count). The molecule has 1 aliphatic rings. The van der Waals surface area contributed by atoms with Crippen LogP contribution in [0.3, 0.4) is 0 Å². The lowest BCUT2D eigenvalue weighted by Gasteiger charge is -2.31. The fraction of sp³-hybridized carbons (Fsp3) is 0.444. The van der Waals surface area contributed by atoms with E-state index >= 15 is 0 Å². The molecule has 2 aromatic rings. The molecule has 0 spiro atoms. The van der Waals surface area contributed by atoms with Crippen molar-refractivity contribution in [2.75, 3.05) is 13.2 Å². The summed E-state index contributed by atoms with van der Waals surface area (Å²) in [6.45, 7) is 6.62. The highest BCUT2D eigenvalue weighted by atomic mass is 19.1. The number of rotatable bonds is 11. The minimum atomic E-state index is -1.11. The van der Waals surface area contributed by atoms with E-state index in [1.165, 1.54) is 29.3 Å². The van der Waals surface area contributed by atoms with Crippen LogP contribution in [0.1, 0.15) is 55.5 Å². The van der Waals surface area contributed by atoms with Crippen LogP contribution in [0.4, 0.5) is 4.39 Å². The molecule has 178 valence electrons. The molecular weight excluding hydrogens is 421 g/mol. The predicted molar refractivity (Wildman–Crippen MR) is 127 cm³/mol. The summed E-state index contributed by atoms with van der Waals surface area (Å²) < 4.78 is 19.4. The van der Waals surface area contributed by atoms with Gasteiger partial charge in [-0.2, -0.15) is 0 Å². The topological polar surface area (TPSA) is 78.8 Å². The Morgan fingerprint density at radius 1 is 1.24 bits per heavy atom. The molecule has 0 aromatic heterocycles. The number of aliphatic carboxylic acids is 1. The van der Waals surface area contributed by atoms with Crippen LogP contribution in [-0.2, 0) is 22.4 Å². The van der Waals surface area contributed by atoms with Crippen LogP contribution in [0.2, 0.25) is 0 Å². The molecule has 0 saturated heterocycles. The first kappa shape index (κ1) is 25.1. The maximum Gasteiger partial charge on any atom is 0.328 e. The quantitative estimate of drug-likeness (QED) is 0.434. The number of β-amino-alcohol motifs (C(OH)–C–C–N with tert-alkyl or cyclic N) is 1. The first-order valence-electron chi connectivity index (χ1n) is 11.4. The minimum absolute atomic E-state index is 0.110. The van der Waals surface area contributed by atoms with Crippen LogP contribution >= 0.6 is 0 Å². The fourth-order valence-corrected chi connectivity index (χ4v) is 4.61. The highest BCUT2D eigenvalue weighted by Gasteiger charge is 2.28. The number of carboxylic acids is 1. The molecule has 0 saturated carbocycles. The van der Waals surface area contributed by atoms with Crippen molar-refractivity contribution in [2.45, 2.75) is 57.8 Å². The highest BCUT2D eigenvalue weighted by Crippen LogP contribution is 2.32. The number of benzene rings is 2. The van der Waals surface area contributed by atoms with Gasteiger partial charge in [0.15, 0.2) is 0 Å². The van der Waals surface area contributed by atoms with E-state index in [1.807, 2.05) is 0 Å². The lowest BCUT2D eigenvalue weighted by Crippen LogP contribution is -2.45. The summed E-state index contributed by atoms with van der Waals surface area (Å²) in [6.07, 6.45) is 4.39. The number of aliphatic hydroxyl groups excluding tert-OH is 1. The molecule has 2 atom stereocenters. The van der Waals surface area contributed by atoms with E-state index in [9.17, 15) is 14.3 Å². The fourth-order valence-electron chi connectivity index (χ4n) is 4.61. The number of hydrogen-bond donors (Lipinski definition) is 3. The van der Waals surface area contributed by atoms with Gasteiger partial charge in [0.25, 0.3) is 0 Å². The molecule has 5 nitrogen and oxygen atoms in total. The van der Waals surface area contributed by atoms with Gasteiger partial charge in [-0.3, -0.25) is 0 Å². The molecular formula is C27H34FNO4. The van der Waals surface area contributed by atoms with Crippen LogP contribution in [0, 0.1) is 11.7 Å². The third-order valence-corrected chi connectivity index (χ3v) is 6.18. The second-order valence-electron chi connectivity index (χ2n) is 9.59. The third kappa shape index (κ3) is 7.49. The Morgan fingerprint density at radius 2 is 1.91 bits per heavy atom. The van der Waals surface area contributed by atoms with Gasteiger partial charge < -0.3 is 20.3 Å². The van der Waals surface area contributed by atoms with E-state index in [0.717, 1.165) is 25.3 Å². The van der Waals surface area contributed by atoms with Crippen molar-refractivity contribution in [1.29, 1.82) is 0 Å². The van der Waals surface area contributed by atoms with Gasteiger partial charge in [0.2, 0.25) is 0 Å². The number of ether oxygens (including phenoxy) is 1. The molecule has 0 fully saturated rings. The molecule has 1 aliphatic carbocycles. The van der Waals surface area contributed by atoms with Crippen molar-refractivity contribution >= 4 is 12.0 Å². The molecule has 6 heteroatoms. The predicted octanol–water partition coefficient (Wildman–Crippen LogP) is 4.54. The number of aliphatic hydroxyl groups is 1. The van der Waals surface area contributed by atoms with Gasteiger partial charge >= 0.3 is 5.97 Å². The Morgan fingerprint density at radius 3 is 2.55 bits per heavy atom. The van der Waals surface area contributed by atoms with E-state index in [4.69, 9.17) is 9.84 Å². The van der Waals surface area contributed by atoms with Crippen LogP contribution in [0.25, 0.3) is 6.08 Å². The molecule has 3 N–H and O–H groups in total. The van der Waals surface area contributed by atoms with Crippen molar-refractivity contribution in [2.24, 2.45) is 5.92 Å². The zero-order valence-electron chi connectivity index (χ0n) is 19.6. The second kappa shape index (κ2) is 11.1. The van der Waals surface area contributed by atoms with Gasteiger partial charge in [-0.1, -0.05) is 30.3 Å². The third-order valence-electron chi connectivity index (χ3n) is 6.18. The number of carboxylic acid groups (broad SMARTS) is 1. The number of hydrogen-bond acceptors (Lipinski definition) is 4. The van der Waals surface area contributed by atoms with E-state index < -0.39 is 24.0 Å². The first-order chi connectivity index (χ1) is 15.6. The standard InChI is InChI=1S/C27H34FNO4/c1-18(25-10-9-23(28)14-22(25)8-11-26(31)32)33-17-24(30)16-29-27(2,3)15-19-12-20-6-4-5-7-21(20)13-19/h4-11,14,18-19,24,29-30H,12-13,15-17H2,1-3H3,(H,31,32)/b11-8+/t18-,24+/m1/s1. The van der Waals surface area contributed by atoms with Crippen molar-refractivity contribution < 1.29 is 24.1 Å². The van der Waals surface area contributed by atoms with E-state index in [0.29, 0.717) is 23.6 Å². The maximum absolute atomic E-state index is 13.6. The van der Waals surface area contributed by atoms with Gasteiger partial charge in [0.1, 0.15) is 5.82 Å². The zero-order valence-corrected chi connectivity index (χ0v) is 19.6. The number of carbonyl (C=O) groups is 1. The summed E-state index contributed by atoms with van der Waals surface area (Å²) in [7, 11) is 0. The molecule has 0 amide bonds. The van der Waals surface area contributed by atoms with Crippen LogP contribution < -0.4 is 5.32 Å². The molecule has 0 heterocycles. The van der Waals surface area contributed by atoms with Crippen molar-refractivity contribution in [3.05, 3.63) is 76.6 Å². The van der Waals surface area contributed by atoms with Crippen molar-refractivity contribution in [3.63, 3.8) is 0 Å². The van der Waals surface area contributed by atoms with Gasteiger partial charge in [0.05, 0.1) is 18.8 Å². The van der Waals surface area contributed by atoms with E-state index in [-0.39, 0.29) is 12.1 Å². The number of fused-ring (bicyclic) bond motifs is 1. The average Bonchev–Trinajstić information content (AvgIpc) is 3.16. The summed E-state index contributed by atoms with van der Waals surface area (Å²) in [5.41, 5.74) is 3.87. The van der Waals surface area contributed by atoms with Gasteiger partial charge in [-0.05, 0) is 86.4 Å². The second-order valence-corrected chi connectivity index (χ2v) is 9.59. The van der Waals surface area contributed by atoms with E-state index in [2.05, 4.69) is 43.4 Å². The molecule has 0 aliphatic heterocycles. The molecule has 0 radical (unpaired) electrons. The highest BCUT2D eigenvalue weighted by molar-refractivity contribution is 5.85.